The quantitative estimate of drug-likeness (QED) is 0.566. The van der Waals surface area contributed by atoms with Crippen LogP contribution in [0.5, 0.6) is 5.75 Å². The Balaban J connectivity index is 2.77. The van der Waals surface area contributed by atoms with Crippen molar-refractivity contribution in [3.05, 3.63) is 36.2 Å². The van der Waals surface area contributed by atoms with Gasteiger partial charge in [-0.25, -0.2) is 4.79 Å². The Labute approximate surface area is 96.4 Å². The third-order valence-electron chi connectivity index (χ3n) is 2.15. The van der Waals surface area contributed by atoms with Crippen molar-refractivity contribution in [3.8, 4) is 5.75 Å². The van der Waals surface area contributed by atoms with Crippen molar-refractivity contribution < 1.29 is 14.3 Å². The van der Waals surface area contributed by atoms with Crippen LogP contribution in [0.1, 0.15) is 35.7 Å². The normalized spacial score (nSPS) is 9.94. The van der Waals surface area contributed by atoms with Gasteiger partial charge in [-0.1, -0.05) is 13.3 Å². The number of benzene rings is 1. The second-order valence-corrected chi connectivity index (χ2v) is 3.56. The number of hydrogen-bond acceptors (Lipinski definition) is 3. The number of carbonyl (C=O) groups is 1. The van der Waals surface area contributed by atoms with Gasteiger partial charge in [-0.05, 0) is 37.1 Å². The molecule has 0 aliphatic heterocycles. The van der Waals surface area contributed by atoms with E-state index < -0.39 is 0 Å². The molecule has 0 aliphatic carbocycles. The molecule has 0 amide bonds. The molecule has 1 aromatic carbocycles. The van der Waals surface area contributed by atoms with E-state index in [2.05, 4.69) is 18.6 Å². The third-order valence-corrected chi connectivity index (χ3v) is 2.15. The molecule has 0 spiro atoms. The van der Waals surface area contributed by atoms with Gasteiger partial charge in [0.25, 0.3) is 0 Å². The van der Waals surface area contributed by atoms with Crippen molar-refractivity contribution in [1.82, 2.24) is 0 Å². The predicted molar refractivity (Wildman–Crippen MR) is 62.6 cm³/mol. The lowest BCUT2D eigenvalue weighted by atomic mass is 10.1. The topological polar surface area (TPSA) is 35.5 Å². The molecule has 1 rings (SSSR count). The van der Waals surface area contributed by atoms with Crippen LogP contribution in [-0.2, 0) is 4.74 Å². The van der Waals surface area contributed by atoms with Gasteiger partial charge in [-0.15, -0.1) is 0 Å². The molecule has 1 radical (unpaired) electrons. The highest BCUT2D eigenvalue weighted by Gasteiger charge is 2.07. The van der Waals surface area contributed by atoms with E-state index in [1.165, 1.54) is 7.11 Å². The van der Waals surface area contributed by atoms with Gasteiger partial charge < -0.3 is 9.47 Å². The molecular weight excluding hydrogens is 204 g/mol. The minimum absolute atomic E-state index is 0.370. The summed E-state index contributed by atoms with van der Waals surface area (Å²) in [7, 11) is 1.36. The number of ether oxygens (including phenoxy) is 2. The largest absolute Gasteiger partial charge is 0.494 e. The van der Waals surface area contributed by atoms with Crippen molar-refractivity contribution in [2.75, 3.05) is 13.7 Å². The molecule has 0 N–H and O–H groups in total. The van der Waals surface area contributed by atoms with Crippen LogP contribution in [0.15, 0.2) is 18.2 Å². The summed E-state index contributed by atoms with van der Waals surface area (Å²) in [6.07, 6.45) is 2.07. The van der Waals surface area contributed by atoms with Gasteiger partial charge in [0.2, 0.25) is 0 Å². The lowest BCUT2D eigenvalue weighted by Crippen LogP contribution is -2.03. The summed E-state index contributed by atoms with van der Waals surface area (Å²) in [5.74, 6) is 0.298. The fourth-order valence-electron chi connectivity index (χ4n) is 1.31. The molecule has 0 fully saturated rings. The molecule has 0 unspecified atom stereocenters. The van der Waals surface area contributed by atoms with Gasteiger partial charge in [0.1, 0.15) is 5.75 Å². The molecule has 16 heavy (non-hydrogen) atoms. The number of carbonyl (C=O) groups excluding carboxylic acids is 1. The Morgan fingerprint density at radius 1 is 1.38 bits per heavy atom. The lowest BCUT2D eigenvalue weighted by Gasteiger charge is -2.08. The maximum absolute atomic E-state index is 11.3. The molecule has 0 aromatic heterocycles. The fraction of sp³-hybridized carbons (Fsp3) is 0.385. The fourth-order valence-corrected chi connectivity index (χ4v) is 1.31. The molecule has 0 bridgehead atoms. The number of esters is 1. The molecule has 0 atom stereocenters. The average molecular weight is 221 g/mol. The Morgan fingerprint density at radius 3 is 2.75 bits per heavy atom. The van der Waals surface area contributed by atoms with Crippen LogP contribution in [0.3, 0.4) is 0 Å². The second-order valence-electron chi connectivity index (χ2n) is 3.56. The molecule has 1 aromatic rings. The van der Waals surface area contributed by atoms with E-state index in [0.29, 0.717) is 17.9 Å². The van der Waals surface area contributed by atoms with E-state index in [0.717, 1.165) is 18.4 Å². The van der Waals surface area contributed by atoms with Gasteiger partial charge in [0, 0.05) is 0 Å². The van der Waals surface area contributed by atoms with Crippen LogP contribution in [0.2, 0.25) is 0 Å². The zero-order chi connectivity index (χ0) is 12.0. The highest BCUT2D eigenvalue weighted by Crippen LogP contribution is 2.17. The SMILES string of the molecule is [CH2]c1cc(OCCCC)cc(C(=O)OC)c1. The number of methoxy groups -OCH3 is 1. The highest BCUT2D eigenvalue weighted by atomic mass is 16.5. The molecule has 0 aliphatic rings. The van der Waals surface area contributed by atoms with Gasteiger partial charge in [0.05, 0.1) is 19.3 Å². The zero-order valence-electron chi connectivity index (χ0n) is 9.79. The van der Waals surface area contributed by atoms with Crippen LogP contribution in [0, 0.1) is 6.92 Å². The third kappa shape index (κ3) is 3.57. The Kier molecular flexibility index (Phi) is 4.83. The van der Waals surface area contributed by atoms with E-state index >= 15 is 0 Å². The lowest BCUT2D eigenvalue weighted by molar-refractivity contribution is 0.0600. The van der Waals surface area contributed by atoms with Crippen LogP contribution >= 0.6 is 0 Å². The summed E-state index contributed by atoms with van der Waals surface area (Å²) in [5, 5.41) is 0. The first kappa shape index (κ1) is 12.6. The maximum atomic E-state index is 11.3. The minimum Gasteiger partial charge on any atom is -0.494 e. The Bertz CT molecular complexity index is 358. The maximum Gasteiger partial charge on any atom is 0.337 e. The first-order valence-electron chi connectivity index (χ1n) is 5.35. The van der Waals surface area contributed by atoms with E-state index in [4.69, 9.17) is 4.74 Å². The van der Waals surface area contributed by atoms with Gasteiger partial charge in [-0.3, -0.25) is 0 Å². The second kappa shape index (κ2) is 6.16. The number of rotatable bonds is 5. The Morgan fingerprint density at radius 2 is 2.12 bits per heavy atom. The summed E-state index contributed by atoms with van der Waals surface area (Å²) >= 11 is 0. The van der Waals surface area contributed by atoms with E-state index in [1.807, 2.05) is 6.07 Å². The van der Waals surface area contributed by atoms with Crippen LogP contribution in [-0.4, -0.2) is 19.7 Å². The highest BCUT2D eigenvalue weighted by molar-refractivity contribution is 5.90. The summed E-state index contributed by atoms with van der Waals surface area (Å²) in [6, 6.07) is 5.16. The first-order valence-corrected chi connectivity index (χ1v) is 5.35. The summed E-state index contributed by atoms with van der Waals surface area (Å²) in [6.45, 7) is 6.55. The van der Waals surface area contributed by atoms with E-state index in [1.54, 1.807) is 12.1 Å². The number of hydrogen-bond donors (Lipinski definition) is 0. The smallest absolute Gasteiger partial charge is 0.337 e. The van der Waals surface area contributed by atoms with Crippen LogP contribution in [0.25, 0.3) is 0 Å². The molecular formula is C13H17O3. The molecule has 3 nitrogen and oxygen atoms in total. The first-order chi connectivity index (χ1) is 7.67. The van der Waals surface area contributed by atoms with E-state index in [9.17, 15) is 4.79 Å². The Hall–Kier alpha value is -1.51. The van der Waals surface area contributed by atoms with Crippen molar-refractivity contribution in [2.24, 2.45) is 0 Å². The molecule has 87 valence electrons. The van der Waals surface area contributed by atoms with Crippen LogP contribution < -0.4 is 4.74 Å². The van der Waals surface area contributed by atoms with Crippen LogP contribution in [0.4, 0.5) is 0 Å². The molecule has 0 saturated carbocycles. The van der Waals surface area contributed by atoms with E-state index in [-0.39, 0.29) is 5.97 Å². The summed E-state index contributed by atoms with van der Waals surface area (Å²) in [4.78, 5) is 11.3. The van der Waals surface area contributed by atoms with Crippen molar-refractivity contribution in [2.45, 2.75) is 19.8 Å². The molecule has 0 saturated heterocycles. The standard InChI is InChI=1S/C13H17O3/c1-4-5-6-16-12-8-10(2)7-11(9-12)13(14)15-3/h7-9H,2,4-6H2,1,3H3. The van der Waals surface area contributed by atoms with Crippen molar-refractivity contribution >= 4 is 5.97 Å². The van der Waals surface area contributed by atoms with Gasteiger partial charge in [0.15, 0.2) is 0 Å². The number of unbranched alkanes of at least 4 members (excludes halogenated alkanes) is 1. The van der Waals surface area contributed by atoms with Crippen molar-refractivity contribution in [3.63, 3.8) is 0 Å². The van der Waals surface area contributed by atoms with Crippen molar-refractivity contribution in [1.29, 1.82) is 0 Å². The van der Waals surface area contributed by atoms with Gasteiger partial charge in [-0.2, -0.15) is 0 Å². The van der Waals surface area contributed by atoms with Gasteiger partial charge >= 0.3 is 5.97 Å². The monoisotopic (exact) mass is 221 g/mol. The predicted octanol–water partition coefficient (Wildman–Crippen LogP) is 2.83. The molecule has 0 heterocycles. The minimum atomic E-state index is -0.370. The average Bonchev–Trinajstić information content (AvgIpc) is 2.27. The molecule has 3 heteroatoms. The zero-order valence-corrected chi connectivity index (χ0v) is 9.79. The summed E-state index contributed by atoms with van der Waals surface area (Å²) < 4.78 is 10.2. The summed E-state index contributed by atoms with van der Waals surface area (Å²) in [5.41, 5.74) is 1.22.